The quantitative estimate of drug-likeness (QED) is 0.722. The third-order valence-corrected chi connectivity index (χ3v) is 4.74. The van der Waals surface area contributed by atoms with Crippen LogP contribution in [0.25, 0.3) is 0 Å². The van der Waals surface area contributed by atoms with Crippen molar-refractivity contribution < 1.29 is 18.8 Å². The minimum atomic E-state index is -0.814. The summed E-state index contributed by atoms with van der Waals surface area (Å²) in [7, 11) is 0. The number of Topliss-reactive ketones (excluding diaryl/α,β-unsaturated/α-hetero) is 1. The Kier molecular flexibility index (Phi) is 5.03. The van der Waals surface area contributed by atoms with Gasteiger partial charge in [0.25, 0.3) is 5.91 Å². The molecule has 25 heavy (non-hydrogen) atoms. The van der Waals surface area contributed by atoms with Gasteiger partial charge in [0.1, 0.15) is 5.78 Å². The molecule has 1 aliphatic rings. The molecular weight excluding hydrogens is 388 g/mol. The molecule has 2 aromatic rings. The van der Waals surface area contributed by atoms with Gasteiger partial charge in [0.2, 0.25) is 5.91 Å². The maximum Gasteiger partial charge on any atom is 0.287 e. The van der Waals surface area contributed by atoms with E-state index in [2.05, 4.69) is 26.6 Å². The molecule has 1 saturated carbocycles. The number of ketones is 1. The monoisotopic (exact) mass is 404 g/mol. The fourth-order valence-electron chi connectivity index (χ4n) is 2.92. The number of carbonyl (C=O) groups is 3. The number of benzene rings is 1. The molecule has 2 N–H and O–H groups in total. The average molecular weight is 405 g/mol. The molecule has 7 heteroatoms. The first-order valence-corrected chi connectivity index (χ1v) is 8.68. The lowest BCUT2D eigenvalue weighted by atomic mass is 9.63. The number of nitrogens with one attached hydrogen (secondary N) is 2. The van der Waals surface area contributed by atoms with E-state index in [1.165, 1.54) is 6.26 Å². The average Bonchev–Trinajstić information content (AvgIpc) is 3.10. The molecule has 0 radical (unpaired) electrons. The molecule has 3 rings (SSSR count). The predicted molar refractivity (Wildman–Crippen MR) is 94.1 cm³/mol. The highest BCUT2D eigenvalue weighted by Gasteiger charge is 2.50. The largest absolute Gasteiger partial charge is 0.459 e. The van der Waals surface area contributed by atoms with Crippen LogP contribution in [0.5, 0.6) is 0 Å². The molecule has 1 aromatic carbocycles. The van der Waals surface area contributed by atoms with Crippen molar-refractivity contribution in [2.75, 3.05) is 13.1 Å². The zero-order valence-corrected chi connectivity index (χ0v) is 15.0. The Morgan fingerprint density at radius 3 is 2.52 bits per heavy atom. The molecule has 6 nitrogen and oxygen atoms in total. The molecule has 0 saturated heterocycles. The van der Waals surface area contributed by atoms with Gasteiger partial charge in [-0.2, -0.15) is 0 Å². The number of amides is 2. The smallest absolute Gasteiger partial charge is 0.287 e. The number of halogens is 1. The highest BCUT2D eigenvalue weighted by atomic mass is 79.9. The minimum absolute atomic E-state index is 0.0706. The Bertz CT molecular complexity index is 793. The summed E-state index contributed by atoms with van der Waals surface area (Å²) in [6.45, 7) is 0.545. The van der Waals surface area contributed by atoms with Gasteiger partial charge in [-0.1, -0.05) is 28.1 Å². The maximum atomic E-state index is 12.7. The summed E-state index contributed by atoms with van der Waals surface area (Å²) in [6, 6.07) is 10.6. The van der Waals surface area contributed by atoms with Crippen LogP contribution >= 0.6 is 15.9 Å². The van der Waals surface area contributed by atoms with Crippen LogP contribution in [0.2, 0.25) is 0 Å². The van der Waals surface area contributed by atoms with Crippen LogP contribution < -0.4 is 10.6 Å². The zero-order valence-electron chi connectivity index (χ0n) is 13.4. The molecule has 0 bridgehead atoms. The van der Waals surface area contributed by atoms with Gasteiger partial charge in [0.15, 0.2) is 5.76 Å². The Morgan fingerprint density at radius 1 is 1.12 bits per heavy atom. The first kappa shape index (κ1) is 17.4. The van der Waals surface area contributed by atoms with Crippen LogP contribution in [0, 0.1) is 0 Å². The number of hydrogen-bond acceptors (Lipinski definition) is 4. The lowest BCUT2D eigenvalue weighted by Crippen LogP contribution is -2.54. The van der Waals surface area contributed by atoms with Crippen LogP contribution in [0.3, 0.4) is 0 Å². The third kappa shape index (κ3) is 3.66. The van der Waals surface area contributed by atoms with E-state index < -0.39 is 5.41 Å². The van der Waals surface area contributed by atoms with Gasteiger partial charge in [-0.3, -0.25) is 14.4 Å². The molecular formula is C18H17BrN2O4. The fraction of sp³-hybridized carbons (Fsp3) is 0.278. The summed E-state index contributed by atoms with van der Waals surface area (Å²) in [5.41, 5.74) is 0.00454. The molecule has 1 aromatic heterocycles. The maximum absolute atomic E-state index is 12.7. The molecule has 130 valence electrons. The van der Waals surface area contributed by atoms with Gasteiger partial charge >= 0.3 is 0 Å². The number of hydrogen-bond donors (Lipinski definition) is 2. The molecule has 0 atom stereocenters. The Hall–Kier alpha value is -2.41. The van der Waals surface area contributed by atoms with E-state index in [-0.39, 0.29) is 49.3 Å². The minimum Gasteiger partial charge on any atom is -0.459 e. The number of rotatable bonds is 6. The number of carbonyl (C=O) groups excluding carboxylic acids is 3. The lowest BCUT2D eigenvalue weighted by Gasteiger charge is -2.39. The molecule has 0 aliphatic heterocycles. The molecule has 1 fully saturated rings. The van der Waals surface area contributed by atoms with E-state index in [9.17, 15) is 14.4 Å². The van der Waals surface area contributed by atoms with E-state index in [0.29, 0.717) is 0 Å². The van der Waals surface area contributed by atoms with Crippen LogP contribution in [0.15, 0.2) is 51.6 Å². The summed E-state index contributed by atoms with van der Waals surface area (Å²) in [6.07, 6.45) is 1.83. The summed E-state index contributed by atoms with van der Waals surface area (Å²) in [5.74, 6) is -0.236. The van der Waals surface area contributed by atoms with Gasteiger partial charge in [-0.05, 0) is 29.8 Å². The van der Waals surface area contributed by atoms with Crippen molar-refractivity contribution in [2.45, 2.75) is 18.3 Å². The molecule has 2 amide bonds. The van der Waals surface area contributed by atoms with Crippen molar-refractivity contribution in [2.24, 2.45) is 0 Å². The van der Waals surface area contributed by atoms with Crippen molar-refractivity contribution in [1.29, 1.82) is 0 Å². The van der Waals surface area contributed by atoms with Crippen LogP contribution in [0.4, 0.5) is 0 Å². The van der Waals surface area contributed by atoms with E-state index in [0.717, 1.165) is 10.0 Å². The molecule has 0 unspecified atom stereocenters. The Balaban J connectivity index is 1.57. The highest BCUT2D eigenvalue weighted by Crippen LogP contribution is 2.42. The second kappa shape index (κ2) is 7.23. The van der Waals surface area contributed by atoms with E-state index in [1.54, 1.807) is 12.1 Å². The summed E-state index contributed by atoms with van der Waals surface area (Å²) < 4.78 is 5.86. The summed E-state index contributed by atoms with van der Waals surface area (Å²) in [5, 5.41) is 5.48. The van der Waals surface area contributed by atoms with Crippen molar-refractivity contribution >= 4 is 33.5 Å². The van der Waals surface area contributed by atoms with Crippen molar-refractivity contribution in [3.8, 4) is 0 Å². The fourth-order valence-corrected chi connectivity index (χ4v) is 3.32. The topological polar surface area (TPSA) is 88.4 Å². The number of furan rings is 1. The van der Waals surface area contributed by atoms with Gasteiger partial charge in [0.05, 0.1) is 11.7 Å². The molecule has 0 spiro atoms. The highest BCUT2D eigenvalue weighted by molar-refractivity contribution is 9.10. The first-order valence-electron chi connectivity index (χ1n) is 7.89. The van der Waals surface area contributed by atoms with Crippen LogP contribution in [-0.4, -0.2) is 30.7 Å². The summed E-state index contributed by atoms with van der Waals surface area (Å²) >= 11 is 3.40. The SMILES string of the molecule is O=C1CC(C(=O)NCCNC(=O)c2ccco2)(c2cccc(Br)c2)C1. The van der Waals surface area contributed by atoms with Gasteiger partial charge in [0, 0.05) is 30.4 Å². The first-order chi connectivity index (χ1) is 12.0. The standard InChI is InChI=1S/C18H17BrN2O4/c19-13-4-1-3-12(9-13)18(10-14(22)11-18)17(24)21-7-6-20-16(23)15-5-2-8-25-15/h1-5,8-9H,6-7,10-11H2,(H,20,23)(H,21,24). The molecule has 1 heterocycles. The van der Waals surface area contributed by atoms with Crippen molar-refractivity contribution in [3.05, 3.63) is 58.5 Å². The van der Waals surface area contributed by atoms with Crippen molar-refractivity contribution in [1.82, 2.24) is 10.6 Å². The van der Waals surface area contributed by atoms with Gasteiger partial charge < -0.3 is 15.1 Å². The molecule has 1 aliphatic carbocycles. The van der Waals surface area contributed by atoms with E-state index in [4.69, 9.17) is 4.42 Å². The summed E-state index contributed by atoms with van der Waals surface area (Å²) in [4.78, 5) is 36.0. The predicted octanol–water partition coefficient (Wildman–Crippen LogP) is 2.19. The normalized spacial score (nSPS) is 15.3. The van der Waals surface area contributed by atoms with Gasteiger partial charge in [-0.15, -0.1) is 0 Å². The van der Waals surface area contributed by atoms with E-state index in [1.807, 2.05) is 24.3 Å². The third-order valence-electron chi connectivity index (χ3n) is 4.25. The Labute approximate surface area is 153 Å². The van der Waals surface area contributed by atoms with Crippen LogP contribution in [-0.2, 0) is 15.0 Å². The van der Waals surface area contributed by atoms with E-state index >= 15 is 0 Å². The second-order valence-corrected chi connectivity index (χ2v) is 6.89. The van der Waals surface area contributed by atoms with Crippen LogP contribution in [0.1, 0.15) is 29.0 Å². The lowest BCUT2D eigenvalue weighted by molar-refractivity contribution is -0.140. The zero-order chi connectivity index (χ0) is 17.9. The van der Waals surface area contributed by atoms with Gasteiger partial charge in [-0.25, -0.2) is 0 Å². The van der Waals surface area contributed by atoms with Crippen molar-refractivity contribution in [3.63, 3.8) is 0 Å². The second-order valence-electron chi connectivity index (χ2n) is 5.97. The Morgan fingerprint density at radius 2 is 1.88 bits per heavy atom.